The van der Waals surface area contributed by atoms with Crippen molar-refractivity contribution in [3.05, 3.63) is 88.6 Å². The van der Waals surface area contributed by atoms with Crippen molar-refractivity contribution in [2.75, 3.05) is 0 Å². The number of nitrogens with zero attached hydrogens (tertiary/aromatic N) is 3. The molecule has 0 fully saturated rings. The molecule has 2 aromatic carbocycles. The number of hydrogen-bond acceptors (Lipinski definition) is 4. The Balaban J connectivity index is 1.64. The van der Waals surface area contributed by atoms with E-state index in [0.29, 0.717) is 11.5 Å². The van der Waals surface area contributed by atoms with Crippen molar-refractivity contribution < 1.29 is 4.79 Å². The molecule has 0 spiro atoms. The number of rotatable bonds is 5. The number of fused-ring (bicyclic) bond motifs is 1. The SMILES string of the molecule is CC(C)C(NC(=O)c1ccc(=O)n(-c2ccccc2)n1)c1nc2ccccc2[nH]1. The molecule has 2 aromatic heterocycles. The van der Waals surface area contributed by atoms with Gasteiger partial charge in [0.2, 0.25) is 0 Å². The number of imidazole rings is 1. The lowest BCUT2D eigenvalue weighted by Crippen LogP contribution is -2.34. The van der Waals surface area contributed by atoms with Crippen LogP contribution < -0.4 is 10.9 Å². The fourth-order valence-electron chi connectivity index (χ4n) is 3.17. The number of carbonyl (C=O) groups is 1. The van der Waals surface area contributed by atoms with Gasteiger partial charge in [-0.2, -0.15) is 9.78 Å². The molecule has 146 valence electrons. The van der Waals surface area contributed by atoms with Crippen LogP contribution in [0.25, 0.3) is 16.7 Å². The van der Waals surface area contributed by atoms with Crippen molar-refractivity contribution in [1.82, 2.24) is 25.1 Å². The number of nitrogens with one attached hydrogen (secondary N) is 2. The summed E-state index contributed by atoms with van der Waals surface area (Å²) in [5.41, 5.74) is 2.22. The minimum Gasteiger partial charge on any atom is -0.340 e. The number of carbonyl (C=O) groups excluding carboxylic acids is 1. The quantitative estimate of drug-likeness (QED) is 0.550. The Hall–Kier alpha value is -3.74. The highest BCUT2D eigenvalue weighted by Gasteiger charge is 2.23. The molecule has 2 N–H and O–H groups in total. The van der Waals surface area contributed by atoms with Gasteiger partial charge in [-0.1, -0.05) is 44.2 Å². The van der Waals surface area contributed by atoms with Gasteiger partial charge in [0.15, 0.2) is 0 Å². The number of amides is 1. The second-order valence-corrected chi connectivity index (χ2v) is 7.14. The lowest BCUT2D eigenvalue weighted by atomic mass is 10.0. The van der Waals surface area contributed by atoms with Crippen LogP contribution in [0.1, 0.15) is 36.2 Å². The lowest BCUT2D eigenvalue weighted by molar-refractivity contribution is 0.0916. The number of benzene rings is 2. The summed E-state index contributed by atoms with van der Waals surface area (Å²) in [4.78, 5) is 33.0. The van der Waals surface area contributed by atoms with Crippen LogP contribution in [0.2, 0.25) is 0 Å². The van der Waals surface area contributed by atoms with Gasteiger partial charge < -0.3 is 10.3 Å². The fourth-order valence-corrected chi connectivity index (χ4v) is 3.17. The first-order valence-corrected chi connectivity index (χ1v) is 9.44. The molecule has 1 atom stereocenters. The first kappa shape index (κ1) is 18.6. The van der Waals surface area contributed by atoms with E-state index in [4.69, 9.17) is 0 Å². The maximum Gasteiger partial charge on any atom is 0.272 e. The number of H-pyrrole nitrogens is 1. The second kappa shape index (κ2) is 7.71. The fraction of sp³-hybridized carbons (Fsp3) is 0.182. The summed E-state index contributed by atoms with van der Waals surface area (Å²) < 4.78 is 1.22. The van der Waals surface area contributed by atoms with Gasteiger partial charge in [-0.3, -0.25) is 9.59 Å². The van der Waals surface area contributed by atoms with Gasteiger partial charge in [0.25, 0.3) is 11.5 Å². The summed E-state index contributed by atoms with van der Waals surface area (Å²) in [6.07, 6.45) is 0. The molecule has 0 radical (unpaired) electrons. The molecule has 1 amide bonds. The molecule has 4 rings (SSSR count). The number of aromatic nitrogens is 4. The molecule has 0 saturated carbocycles. The predicted molar refractivity (Wildman–Crippen MR) is 111 cm³/mol. The molecule has 7 nitrogen and oxygen atoms in total. The molecule has 0 aliphatic rings. The Labute approximate surface area is 167 Å². The zero-order valence-electron chi connectivity index (χ0n) is 16.2. The van der Waals surface area contributed by atoms with Gasteiger partial charge in [0, 0.05) is 6.07 Å². The van der Waals surface area contributed by atoms with Crippen LogP contribution >= 0.6 is 0 Å². The highest BCUT2D eigenvalue weighted by molar-refractivity contribution is 5.92. The zero-order chi connectivity index (χ0) is 20.4. The Kier molecular flexibility index (Phi) is 4.95. The Morgan fingerprint density at radius 3 is 2.45 bits per heavy atom. The first-order valence-electron chi connectivity index (χ1n) is 9.44. The maximum absolute atomic E-state index is 12.9. The molecule has 29 heavy (non-hydrogen) atoms. The zero-order valence-corrected chi connectivity index (χ0v) is 16.2. The molecular formula is C22H21N5O2. The maximum atomic E-state index is 12.9. The van der Waals surface area contributed by atoms with E-state index in [2.05, 4.69) is 20.4 Å². The lowest BCUT2D eigenvalue weighted by Gasteiger charge is -2.20. The van der Waals surface area contributed by atoms with Crippen molar-refractivity contribution in [1.29, 1.82) is 0 Å². The van der Waals surface area contributed by atoms with E-state index in [0.717, 1.165) is 11.0 Å². The van der Waals surface area contributed by atoms with Crippen molar-refractivity contribution >= 4 is 16.9 Å². The average molecular weight is 387 g/mol. The van der Waals surface area contributed by atoms with E-state index in [1.54, 1.807) is 12.1 Å². The molecular weight excluding hydrogens is 366 g/mol. The Bertz CT molecular complexity index is 1180. The van der Waals surface area contributed by atoms with Crippen molar-refractivity contribution in [2.24, 2.45) is 5.92 Å². The summed E-state index contributed by atoms with van der Waals surface area (Å²) in [6, 6.07) is 19.2. The second-order valence-electron chi connectivity index (χ2n) is 7.14. The van der Waals surface area contributed by atoms with E-state index < -0.39 is 0 Å². The molecule has 0 aliphatic carbocycles. The van der Waals surface area contributed by atoms with Crippen molar-refractivity contribution in [3.63, 3.8) is 0 Å². The molecule has 0 aliphatic heterocycles. The van der Waals surface area contributed by atoms with Gasteiger partial charge in [-0.25, -0.2) is 4.98 Å². The molecule has 2 heterocycles. The Morgan fingerprint density at radius 2 is 1.72 bits per heavy atom. The predicted octanol–water partition coefficient (Wildman–Crippen LogP) is 3.24. The van der Waals surface area contributed by atoms with Gasteiger partial charge in [-0.15, -0.1) is 0 Å². The van der Waals surface area contributed by atoms with Crippen molar-refractivity contribution in [2.45, 2.75) is 19.9 Å². The standard InChI is InChI=1S/C22H21N5O2/c1-14(2)20(21-23-16-10-6-7-11-17(16)24-21)25-22(29)18-12-13-19(28)27(26-18)15-8-4-3-5-9-15/h3-14,20H,1-2H3,(H,23,24)(H,25,29). The largest absolute Gasteiger partial charge is 0.340 e. The Morgan fingerprint density at radius 1 is 1.00 bits per heavy atom. The van der Waals surface area contributed by atoms with Crippen LogP contribution in [0, 0.1) is 5.92 Å². The molecule has 0 saturated heterocycles. The smallest absolute Gasteiger partial charge is 0.272 e. The molecule has 1 unspecified atom stereocenters. The first-order chi connectivity index (χ1) is 14.0. The monoisotopic (exact) mass is 387 g/mol. The molecule has 4 aromatic rings. The van der Waals surface area contributed by atoms with Crippen LogP contribution in [0.5, 0.6) is 0 Å². The van der Waals surface area contributed by atoms with Gasteiger partial charge in [0.05, 0.1) is 22.8 Å². The number of para-hydroxylation sites is 3. The average Bonchev–Trinajstić information content (AvgIpc) is 3.16. The van der Waals surface area contributed by atoms with Crippen molar-refractivity contribution in [3.8, 4) is 5.69 Å². The van der Waals surface area contributed by atoms with Crippen LogP contribution in [-0.2, 0) is 0 Å². The normalized spacial score (nSPS) is 12.2. The third kappa shape index (κ3) is 3.80. The van der Waals surface area contributed by atoms with Crippen LogP contribution in [0.4, 0.5) is 0 Å². The minimum absolute atomic E-state index is 0.0968. The van der Waals surface area contributed by atoms with E-state index >= 15 is 0 Å². The minimum atomic E-state index is -0.367. The highest BCUT2D eigenvalue weighted by Crippen LogP contribution is 2.22. The van der Waals surface area contributed by atoms with E-state index in [1.165, 1.54) is 16.8 Å². The molecule has 7 heteroatoms. The van der Waals surface area contributed by atoms with Gasteiger partial charge >= 0.3 is 0 Å². The third-order valence-corrected chi connectivity index (χ3v) is 4.69. The van der Waals surface area contributed by atoms with E-state index in [-0.39, 0.29) is 29.1 Å². The van der Waals surface area contributed by atoms with E-state index in [9.17, 15) is 9.59 Å². The van der Waals surface area contributed by atoms with Crippen LogP contribution in [0.3, 0.4) is 0 Å². The van der Waals surface area contributed by atoms with Crippen LogP contribution in [-0.4, -0.2) is 25.7 Å². The topological polar surface area (TPSA) is 92.7 Å². The summed E-state index contributed by atoms with van der Waals surface area (Å²) >= 11 is 0. The van der Waals surface area contributed by atoms with E-state index in [1.807, 2.05) is 56.3 Å². The van der Waals surface area contributed by atoms with Crippen LogP contribution in [0.15, 0.2) is 71.5 Å². The molecule has 0 bridgehead atoms. The van der Waals surface area contributed by atoms with Gasteiger partial charge in [0.1, 0.15) is 11.5 Å². The number of hydrogen-bond donors (Lipinski definition) is 2. The third-order valence-electron chi connectivity index (χ3n) is 4.69. The summed E-state index contributed by atoms with van der Waals surface area (Å²) in [7, 11) is 0. The summed E-state index contributed by atoms with van der Waals surface area (Å²) in [5, 5.41) is 7.25. The summed E-state index contributed by atoms with van der Waals surface area (Å²) in [5.74, 6) is 0.416. The summed E-state index contributed by atoms with van der Waals surface area (Å²) in [6.45, 7) is 4.02. The van der Waals surface area contributed by atoms with Gasteiger partial charge in [-0.05, 0) is 36.2 Å². The highest BCUT2D eigenvalue weighted by atomic mass is 16.2. The number of aromatic amines is 1.